The quantitative estimate of drug-likeness (QED) is 0.533. The first-order valence-corrected chi connectivity index (χ1v) is 11.7. The van der Waals surface area contributed by atoms with Crippen molar-refractivity contribution >= 4 is 23.5 Å². The second-order valence-corrected chi connectivity index (χ2v) is 8.78. The number of carbonyl (C=O) groups excluding carboxylic acids is 3. The highest BCUT2D eigenvalue weighted by Gasteiger charge is 2.49. The third kappa shape index (κ3) is 4.93. The minimum atomic E-state index is -1.27. The molecule has 1 N–H and O–H groups in total. The zero-order valence-electron chi connectivity index (χ0n) is 20.6. The molecule has 0 fully saturated rings. The van der Waals surface area contributed by atoms with E-state index in [0.29, 0.717) is 11.4 Å². The van der Waals surface area contributed by atoms with Gasteiger partial charge in [-0.2, -0.15) is 5.10 Å². The van der Waals surface area contributed by atoms with Crippen molar-refractivity contribution in [3.63, 3.8) is 0 Å². The predicted octanol–water partition coefficient (Wildman–Crippen LogP) is 3.57. The average Bonchev–Trinajstić information content (AvgIpc) is 3.26. The van der Waals surface area contributed by atoms with Crippen LogP contribution in [0.25, 0.3) is 0 Å². The molecule has 0 spiro atoms. The van der Waals surface area contributed by atoms with Crippen molar-refractivity contribution in [1.82, 2.24) is 15.1 Å². The zero-order chi connectivity index (χ0) is 24.9. The summed E-state index contributed by atoms with van der Waals surface area (Å²) in [5, 5.41) is 7.45. The molecular weight excluding hydrogens is 436 g/mol. The van der Waals surface area contributed by atoms with E-state index in [1.807, 2.05) is 0 Å². The number of hydrogen-bond acceptors (Lipinski definition) is 6. The van der Waals surface area contributed by atoms with Gasteiger partial charge in [-0.1, -0.05) is 33.1 Å². The number of rotatable bonds is 10. The van der Waals surface area contributed by atoms with Crippen molar-refractivity contribution < 1.29 is 23.9 Å². The Morgan fingerprint density at radius 3 is 2.44 bits per heavy atom. The van der Waals surface area contributed by atoms with Crippen LogP contribution < -0.4 is 15.0 Å². The lowest BCUT2D eigenvalue weighted by Crippen LogP contribution is -2.65. The first-order valence-electron chi connectivity index (χ1n) is 11.7. The molecule has 3 rings (SSSR count). The van der Waals surface area contributed by atoms with Gasteiger partial charge in [0.15, 0.2) is 5.69 Å². The van der Waals surface area contributed by atoms with E-state index >= 15 is 0 Å². The van der Waals surface area contributed by atoms with Gasteiger partial charge < -0.3 is 14.8 Å². The lowest BCUT2D eigenvalue weighted by Gasteiger charge is -2.43. The number of hydrogen-bond donors (Lipinski definition) is 1. The van der Waals surface area contributed by atoms with Crippen LogP contribution in [0.4, 0.5) is 5.69 Å². The molecule has 2 aromatic rings. The van der Waals surface area contributed by atoms with Gasteiger partial charge in [-0.3, -0.25) is 19.2 Å². The van der Waals surface area contributed by atoms with Crippen molar-refractivity contribution in [2.24, 2.45) is 0 Å². The third-order valence-corrected chi connectivity index (χ3v) is 6.25. The summed E-state index contributed by atoms with van der Waals surface area (Å²) in [5.74, 6) is -0.677. The topological polar surface area (TPSA) is 103 Å². The largest absolute Gasteiger partial charge is 0.497 e. The SMILES string of the molecule is CCCCC(CCC)NC(=O)C1(C)Cn2nc(C(=O)OC)cc2C(=O)N1c1ccc(OC)cc1. The maximum Gasteiger partial charge on any atom is 0.358 e. The molecule has 2 unspecified atom stereocenters. The summed E-state index contributed by atoms with van der Waals surface area (Å²) in [6.45, 7) is 6.03. The summed E-state index contributed by atoms with van der Waals surface area (Å²) in [7, 11) is 2.82. The molecule has 9 heteroatoms. The van der Waals surface area contributed by atoms with Crippen molar-refractivity contribution in [2.75, 3.05) is 19.1 Å². The molecule has 0 bridgehead atoms. The minimum absolute atomic E-state index is 0.0201. The summed E-state index contributed by atoms with van der Waals surface area (Å²) in [5.41, 5.74) is -0.471. The summed E-state index contributed by atoms with van der Waals surface area (Å²) in [4.78, 5) is 41.0. The van der Waals surface area contributed by atoms with E-state index in [9.17, 15) is 14.4 Å². The summed E-state index contributed by atoms with van der Waals surface area (Å²) < 4.78 is 11.4. The molecule has 184 valence electrons. The maximum atomic E-state index is 13.8. The third-order valence-electron chi connectivity index (χ3n) is 6.25. The Kier molecular flexibility index (Phi) is 7.96. The molecule has 1 aromatic carbocycles. The summed E-state index contributed by atoms with van der Waals surface area (Å²) in [6.07, 6.45) is 4.73. The molecule has 1 aliphatic heterocycles. The van der Waals surface area contributed by atoms with E-state index in [2.05, 4.69) is 24.3 Å². The molecule has 2 atom stereocenters. The van der Waals surface area contributed by atoms with Crippen LogP contribution in [0.5, 0.6) is 5.75 Å². The van der Waals surface area contributed by atoms with Gasteiger partial charge in [-0.25, -0.2) is 4.79 Å². The number of nitrogens with zero attached hydrogens (tertiary/aromatic N) is 3. The highest BCUT2D eigenvalue weighted by atomic mass is 16.5. The summed E-state index contributed by atoms with van der Waals surface area (Å²) in [6, 6.07) is 8.41. The Hall–Kier alpha value is -3.36. The smallest absolute Gasteiger partial charge is 0.358 e. The molecule has 1 aromatic heterocycles. The number of anilines is 1. The first-order chi connectivity index (χ1) is 16.3. The van der Waals surface area contributed by atoms with Gasteiger partial charge >= 0.3 is 5.97 Å². The number of benzene rings is 1. The van der Waals surface area contributed by atoms with Crippen LogP contribution in [-0.4, -0.2) is 53.4 Å². The average molecular weight is 471 g/mol. The monoisotopic (exact) mass is 470 g/mol. The van der Waals surface area contributed by atoms with Crippen LogP contribution in [-0.2, 0) is 16.1 Å². The number of fused-ring (bicyclic) bond motifs is 1. The number of esters is 1. The van der Waals surface area contributed by atoms with Crippen molar-refractivity contribution in [3.05, 3.63) is 41.7 Å². The Morgan fingerprint density at radius 1 is 1.15 bits per heavy atom. The molecule has 0 radical (unpaired) electrons. The normalized spacial score (nSPS) is 18.3. The van der Waals surface area contributed by atoms with Crippen LogP contribution in [0.15, 0.2) is 30.3 Å². The number of ether oxygens (including phenoxy) is 2. The second kappa shape index (κ2) is 10.7. The Labute approximate surface area is 200 Å². The first kappa shape index (κ1) is 25.3. The molecule has 2 amide bonds. The lowest BCUT2D eigenvalue weighted by molar-refractivity contribution is -0.127. The number of unbranched alkanes of at least 4 members (excludes halogenated alkanes) is 1. The van der Waals surface area contributed by atoms with Gasteiger partial charge in [-0.15, -0.1) is 0 Å². The van der Waals surface area contributed by atoms with Gasteiger partial charge in [0, 0.05) is 17.8 Å². The standard InChI is InChI=1S/C25H34N4O5/c1-6-8-10-17(9-7-2)26-24(32)25(3)16-28-21(15-20(27-28)23(31)34-5)22(30)29(25)18-11-13-19(33-4)14-12-18/h11-15,17H,6-10,16H2,1-5H3,(H,26,32). The van der Waals surface area contributed by atoms with Crippen LogP contribution in [0.2, 0.25) is 0 Å². The number of aromatic nitrogens is 2. The van der Waals surface area contributed by atoms with E-state index in [1.54, 1.807) is 38.3 Å². The fraction of sp³-hybridized carbons (Fsp3) is 0.520. The fourth-order valence-electron chi connectivity index (χ4n) is 4.35. The molecule has 0 saturated heterocycles. The molecule has 1 aliphatic rings. The Morgan fingerprint density at radius 2 is 1.85 bits per heavy atom. The van der Waals surface area contributed by atoms with Crippen LogP contribution in [0, 0.1) is 0 Å². The van der Waals surface area contributed by atoms with E-state index in [1.165, 1.54) is 22.8 Å². The van der Waals surface area contributed by atoms with E-state index in [4.69, 9.17) is 9.47 Å². The van der Waals surface area contributed by atoms with E-state index in [-0.39, 0.29) is 29.9 Å². The van der Waals surface area contributed by atoms with E-state index < -0.39 is 17.4 Å². The molecule has 9 nitrogen and oxygen atoms in total. The Balaban J connectivity index is 2.04. The maximum absolute atomic E-state index is 13.8. The van der Waals surface area contributed by atoms with Crippen molar-refractivity contribution in [2.45, 2.75) is 71.0 Å². The van der Waals surface area contributed by atoms with Crippen LogP contribution in [0.3, 0.4) is 0 Å². The summed E-state index contributed by atoms with van der Waals surface area (Å²) >= 11 is 0. The van der Waals surface area contributed by atoms with Crippen LogP contribution in [0.1, 0.15) is 73.9 Å². The predicted molar refractivity (Wildman–Crippen MR) is 128 cm³/mol. The van der Waals surface area contributed by atoms with E-state index in [0.717, 1.165) is 32.1 Å². The lowest BCUT2D eigenvalue weighted by atomic mass is 9.92. The van der Waals surface area contributed by atoms with Gasteiger partial charge in [0.1, 0.15) is 17.0 Å². The molecule has 34 heavy (non-hydrogen) atoms. The highest BCUT2D eigenvalue weighted by Crippen LogP contribution is 2.34. The van der Waals surface area contributed by atoms with Gasteiger partial charge in [0.25, 0.3) is 5.91 Å². The highest BCUT2D eigenvalue weighted by molar-refractivity contribution is 6.12. The molecule has 0 aliphatic carbocycles. The number of nitrogens with one attached hydrogen (secondary N) is 1. The number of carbonyl (C=O) groups is 3. The number of amides is 2. The molecule has 2 heterocycles. The van der Waals surface area contributed by atoms with Crippen LogP contribution >= 0.6 is 0 Å². The molecule has 0 saturated carbocycles. The minimum Gasteiger partial charge on any atom is -0.497 e. The zero-order valence-corrected chi connectivity index (χ0v) is 20.6. The van der Waals surface area contributed by atoms with Crippen molar-refractivity contribution in [3.8, 4) is 5.75 Å². The van der Waals surface area contributed by atoms with Gasteiger partial charge in [0.05, 0.1) is 20.8 Å². The fourth-order valence-corrected chi connectivity index (χ4v) is 4.35. The van der Waals surface area contributed by atoms with Gasteiger partial charge in [0.2, 0.25) is 5.91 Å². The Bertz CT molecular complexity index is 1030. The number of methoxy groups -OCH3 is 2. The van der Waals surface area contributed by atoms with Gasteiger partial charge in [-0.05, 0) is 44.0 Å². The van der Waals surface area contributed by atoms with Crippen molar-refractivity contribution in [1.29, 1.82) is 0 Å². The molecular formula is C25H34N4O5. The second-order valence-electron chi connectivity index (χ2n) is 8.78.